The zero-order valence-corrected chi connectivity index (χ0v) is 13.8. The van der Waals surface area contributed by atoms with Gasteiger partial charge in [0.1, 0.15) is 17.5 Å². The molecule has 7 heteroatoms. The molecule has 3 N–H and O–H groups in total. The van der Waals surface area contributed by atoms with Crippen LogP contribution in [0.2, 0.25) is 0 Å². The van der Waals surface area contributed by atoms with Crippen LogP contribution in [0, 0.1) is 11.6 Å². The van der Waals surface area contributed by atoms with Gasteiger partial charge in [-0.25, -0.2) is 19.2 Å². The van der Waals surface area contributed by atoms with E-state index in [0.29, 0.717) is 22.4 Å². The molecule has 3 aromatic carbocycles. The van der Waals surface area contributed by atoms with Crippen molar-refractivity contribution in [1.82, 2.24) is 15.4 Å². The normalized spacial score (nSPS) is 10.9. The topological polar surface area (TPSA) is 78.0 Å². The largest absolute Gasteiger partial charge is 0.338 e. The Bertz CT molecular complexity index is 1150. The van der Waals surface area contributed by atoms with Gasteiger partial charge in [0.25, 0.3) is 5.91 Å². The number of amides is 1. The number of imidazole rings is 1. The van der Waals surface area contributed by atoms with Crippen molar-refractivity contribution in [2.75, 3.05) is 0 Å². The number of carbonyl (C=O) groups is 1. The second-order valence-corrected chi connectivity index (χ2v) is 5.93. The average Bonchev–Trinajstić information content (AvgIpc) is 3.10. The number of nitrogens with zero attached hydrogens (tertiary/aromatic N) is 1. The fourth-order valence-electron chi connectivity index (χ4n) is 2.91. The van der Waals surface area contributed by atoms with Gasteiger partial charge < -0.3 is 4.98 Å². The van der Waals surface area contributed by atoms with Gasteiger partial charge >= 0.3 is 0 Å². The maximum Gasteiger partial charge on any atom is 0.277 e. The van der Waals surface area contributed by atoms with E-state index in [1.165, 1.54) is 17.6 Å². The lowest BCUT2D eigenvalue weighted by atomic mass is 10.0. The number of H-pyrrole nitrogens is 1. The number of aromatic amines is 1. The van der Waals surface area contributed by atoms with Gasteiger partial charge in [0.2, 0.25) is 0 Å². The molecule has 27 heavy (non-hydrogen) atoms. The molecule has 0 aliphatic rings. The van der Waals surface area contributed by atoms with Crippen LogP contribution < -0.4 is 5.48 Å². The number of hydrogen-bond donors (Lipinski definition) is 3. The smallest absolute Gasteiger partial charge is 0.277 e. The summed E-state index contributed by atoms with van der Waals surface area (Å²) in [7, 11) is 0. The first kappa shape index (κ1) is 16.9. The van der Waals surface area contributed by atoms with Crippen molar-refractivity contribution in [3.8, 4) is 22.5 Å². The molecule has 0 aliphatic carbocycles. The number of hydrogen-bond acceptors (Lipinski definition) is 3. The summed E-state index contributed by atoms with van der Waals surface area (Å²) in [4.78, 5) is 18.8. The van der Waals surface area contributed by atoms with Crippen LogP contribution in [0.5, 0.6) is 0 Å². The monoisotopic (exact) mass is 365 g/mol. The number of halogens is 2. The second kappa shape index (κ2) is 6.62. The Morgan fingerprint density at radius 3 is 2.37 bits per heavy atom. The van der Waals surface area contributed by atoms with E-state index in [0.717, 1.165) is 17.2 Å². The maximum atomic E-state index is 14.0. The van der Waals surface area contributed by atoms with E-state index >= 15 is 0 Å². The Hall–Kier alpha value is -3.58. The average molecular weight is 365 g/mol. The number of hydroxylamine groups is 1. The fourth-order valence-corrected chi connectivity index (χ4v) is 2.91. The number of benzene rings is 3. The summed E-state index contributed by atoms with van der Waals surface area (Å²) in [6.07, 6.45) is 0. The van der Waals surface area contributed by atoms with Crippen molar-refractivity contribution >= 4 is 16.9 Å². The van der Waals surface area contributed by atoms with Crippen molar-refractivity contribution < 1.29 is 18.8 Å². The molecule has 0 bridgehead atoms. The lowest BCUT2D eigenvalue weighted by Crippen LogP contribution is -2.19. The number of nitrogens with one attached hydrogen (secondary N) is 2. The van der Waals surface area contributed by atoms with Gasteiger partial charge in [-0.15, -0.1) is 0 Å². The highest BCUT2D eigenvalue weighted by molar-refractivity contribution is 5.97. The Kier molecular flexibility index (Phi) is 4.13. The predicted octanol–water partition coefficient (Wildman–Crippen LogP) is 4.29. The maximum absolute atomic E-state index is 14.0. The van der Waals surface area contributed by atoms with Gasteiger partial charge in [0.05, 0.1) is 16.6 Å². The Balaban J connectivity index is 1.72. The van der Waals surface area contributed by atoms with Gasteiger partial charge in [0.15, 0.2) is 0 Å². The van der Waals surface area contributed by atoms with Gasteiger partial charge in [-0.3, -0.25) is 10.0 Å². The van der Waals surface area contributed by atoms with Crippen molar-refractivity contribution in [2.24, 2.45) is 0 Å². The van der Waals surface area contributed by atoms with Crippen LogP contribution in [0.4, 0.5) is 8.78 Å². The molecule has 0 spiro atoms. The van der Waals surface area contributed by atoms with E-state index in [1.54, 1.807) is 42.5 Å². The Labute approximate surface area is 152 Å². The lowest BCUT2D eigenvalue weighted by Gasteiger charge is -2.04. The van der Waals surface area contributed by atoms with Gasteiger partial charge in [0, 0.05) is 17.2 Å². The first-order chi connectivity index (χ1) is 13.1. The number of aromatic nitrogens is 2. The van der Waals surface area contributed by atoms with Gasteiger partial charge in [-0.1, -0.05) is 42.5 Å². The molecular formula is C20H13F2N3O2. The van der Waals surface area contributed by atoms with Crippen molar-refractivity contribution in [3.05, 3.63) is 77.9 Å². The van der Waals surface area contributed by atoms with E-state index in [1.807, 2.05) is 0 Å². The van der Waals surface area contributed by atoms with Crippen molar-refractivity contribution in [1.29, 1.82) is 0 Å². The zero-order valence-electron chi connectivity index (χ0n) is 13.8. The molecule has 1 aromatic heterocycles. The van der Waals surface area contributed by atoms with Crippen LogP contribution in [0.25, 0.3) is 33.5 Å². The minimum Gasteiger partial charge on any atom is -0.338 e. The van der Waals surface area contributed by atoms with Gasteiger partial charge in [-0.2, -0.15) is 0 Å². The van der Waals surface area contributed by atoms with E-state index in [9.17, 15) is 13.6 Å². The number of fused-ring (bicyclic) bond motifs is 1. The summed E-state index contributed by atoms with van der Waals surface area (Å²) in [6, 6.07) is 16.0. The molecule has 4 aromatic rings. The molecule has 5 nitrogen and oxygen atoms in total. The van der Waals surface area contributed by atoms with E-state index in [-0.39, 0.29) is 11.4 Å². The summed E-state index contributed by atoms with van der Waals surface area (Å²) >= 11 is 0. The standard InChI is InChI=1S/C20H13F2N3O2/c21-15-4-2-1-3-13(15)11-5-7-12(8-6-11)19-23-17-9-14(20(26)25-27)16(22)10-18(17)24-19/h1-10,27H,(H,23,24)(H,25,26). The first-order valence-corrected chi connectivity index (χ1v) is 8.06. The summed E-state index contributed by atoms with van der Waals surface area (Å²) in [5.41, 5.74) is 3.84. The van der Waals surface area contributed by atoms with E-state index < -0.39 is 11.7 Å². The Morgan fingerprint density at radius 2 is 1.67 bits per heavy atom. The molecule has 1 amide bonds. The molecule has 0 saturated carbocycles. The van der Waals surface area contributed by atoms with Crippen LogP contribution in [0.15, 0.2) is 60.7 Å². The third-order valence-electron chi connectivity index (χ3n) is 4.26. The quantitative estimate of drug-likeness (QED) is 0.374. The van der Waals surface area contributed by atoms with Crippen LogP contribution >= 0.6 is 0 Å². The van der Waals surface area contributed by atoms with Crippen LogP contribution in [-0.2, 0) is 0 Å². The van der Waals surface area contributed by atoms with Crippen LogP contribution in [0.3, 0.4) is 0 Å². The van der Waals surface area contributed by atoms with Gasteiger partial charge in [-0.05, 0) is 17.7 Å². The highest BCUT2D eigenvalue weighted by Gasteiger charge is 2.15. The lowest BCUT2D eigenvalue weighted by molar-refractivity contribution is 0.0702. The van der Waals surface area contributed by atoms with Crippen LogP contribution in [0.1, 0.15) is 10.4 Å². The summed E-state index contributed by atoms with van der Waals surface area (Å²) in [5, 5.41) is 8.69. The summed E-state index contributed by atoms with van der Waals surface area (Å²) in [6.45, 7) is 0. The second-order valence-electron chi connectivity index (χ2n) is 5.93. The molecule has 0 saturated heterocycles. The minimum absolute atomic E-state index is 0.296. The SMILES string of the molecule is O=C(NO)c1cc2[nH]c(-c3ccc(-c4ccccc4F)cc3)nc2cc1F. The molecule has 0 unspecified atom stereocenters. The molecule has 4 rings (SSSR count). The predicted molar refractivity (Wildman–Crippen MR) is 96.1 cm³/mol. The molecule has 0 fully saturated rings. The van der Waals surface area contributed by atoms with Crippen molar-refractivity contribution in [2.45, 2.75) is 0 Å². The number of carbonyl (C=O) groups excluding carboxylic acids is 1. The molecule has 0 aliphatic heterocycles. The van der Waals surface area contributed by atoms with E-state index in [2.05, 4.69) is 9.97 Å². The molecular weight excluding hydrogens is 352 g/mol. The third kappa shape index (κ3) is 3.04. The van der Waals surface area contributed by atoms with Crippen LogP contribution in [-0.4, -0.2) is 21.1 Å². The molecule has 1 heterocycles. The highest BCUT2D eigenvalue weighted by atomic mass is 19.1. The Morgan fingerprint density at radius 1 is 0.963 bits per heavy atom. The third-order valence-corrected chi connectivity index (χ3v) is 4.26. The first-order valence-electron chi connectivity index (χ1n) is 8.06. The molecule has 0 radical (unpaired) electrons. The fraction of sp³-hybridized carbons (Fsp3) is 0. The summed E-state index contributed by atoms with van der Waals surface area (Å²) < 4.78 is 27.9. The minimum atomic E-state index is -0.945. The molecule has 134 valence electrons. The number of rotatable bonds is 3. The molecule has 0 atom stereocenters. The van der Waals surface area contributed by atoms with E-state index in [4.69, 9.17) is 5.21 Å². The highest BCUT2D eigenvalue weighted by Crippen LogP contribution is 2.27. The summed E-state index contributed by atoms with van der Waals surface area (Å²) in [5.74, 6) is -1.56. The zero-order chi connectivity index (χ0) is 19.0. The van der Waals surface area contributed by atoms with Crippen molar-refractivity contribution in [3.63, 3.8) is 0 Å².